The van der Waals surface area contributed by atoms with Crippen molar-refractivity contribution in [3.05, 3.63) is 63.2 Å². The highest BCUT2D eigenvalue weighted by Gasteiger charge is 2.26. The van der Waals surface area contributed by atoms with E-state index in [1.54, 1.807) is 6.92 Å². The lowest BCUT2D eigenvalue weighted by Crippen LogP contribution is -2.24. The lowest BCUT2D eigenvalue weighted by Gasteiger charge is -2.17. The summed E-state index contributed by atoms with van der Waals surface area (Å²) in [5, 5.41) is 13.4. The minimum Gasteiger partial charge on any atom is -0.404 e. The van der Waals surface area contributed by atoms with E-state index in [-0.39, 0.29) is 5.76 Å². The van der Waals surface area contributed by atoms with Gasteiger partial charge in [-0.3, -0.25) is 10.1 Å². The van der Waals surface area contributed by atoms with Crippen molar-refractivity contribution < 1.29 is 22.5 Å². The molecule has 2 aromatic rings. The predicted octanol–water partition coefficient (Wildman–Crippen LogP) is 3.30. The van der Waals surface area contributed by atoms with E-state index in [4.69, 9.17) is 4.42 Å². The highest BCUT2D eigenvalue weighted by atomic mass is 19.1. The highest BCUT2D eigenvalue weighted by Crippen LogP contribution is 2.30. The smallest absolute Gasteiger partial charge is 0.404 e. The fourth-order valence-corrected chi connectivity index (χ4v) is 1.97. The Labute approximate surface area is 117 Å². The molecule has 1 aromatic carbocycles. The third kappa shape index (κ3) is 3.05. The molecule has 1 unspecified atom stereocenters. The first-order valence-corrected chi connectivity index (χ1v) is 6.06. The molecule has 112 valence electrons. The van der Waals surface area contributed by atoms with Crippen LogP contribution in [-0.4, -0.2) is 11.5 Å². The third-order valence-electron chi connectivity index (χ3n) is 2.82. The summed E-state index contributed by atoms with van der Waals surface area (Å²) >= 11 is 0. The number of hydrogen-bond acceptors (Lipinski definition) is 4. The van der Waals surface area contributed by atoms with Crippen molar-refractivity contribution in [1.82, 2.24) is 5.32 Å². The number of benzene rings is 1. The Morgan fingerprint density at radius 3 is 2.38 bits per heavy atom. The third-order valence-corrected chi connectivity index (χ3v) is 2.82. The Morgan fingerprint density at radius 2 is 1.90 bits per heavy atom. The molecule has 0 aliphatic carbocycles. The van der Waals surface area contributed by atoms with Crippen LogP contribution >= 0.6 is 0 Å². The van der Waals surface area contributed by atoms with E-state index in [0.717, 1.165) is 6.07 Å². The van der Waals surface area contributed by atoms with Gasteiger partial charge in [-0.05, 0) is 12.6 Å². The first kappa shape index (κ1) is 15.0. The van der Waals surface area contributed by atoms with Gasteiger partial charge in [-0.25, -0.2) is 13.2 Å². The number of furan rings is 1. The monoisotopic (exact) mass is 300 g/mol. The molecule has 0 saturated heterocycles. The van der Waals surface area contributed by atoms with E-state index >= 15 is 0 Å². The second kappa shape index (κ2) is 5.96. The van der Waals surface area contributed by atoms with E-state index in [1.165, 1.54) is 6.07 Å². The van der Waals surface area contributed by atoms with Crippen molar-refractivity contribution in [1.29, 1.82) is 0 Å². The van der Waals surface area contributed by atoms with Crippen LogP contribution in [0.5, 0.6) is 0 Å². The van der Waals surface area contributed by atoms with Crippen LogP contribution < -0.4 is 5.32 Å². The van der Waals surface area contributed by atoms with Crippen molar-refractivity contribution in [2.45, 2.75) is 13.0 Å². The van der Waals surface area contributed by atoms with Gasteiger partial charge in [0.1, 0.15) is 28.1 Å². The molecule has 0 amide bonds. The molecule has 0 fully saturated rings. The van der Waals surface area contributed by atoms with Crippen molar-refractivity contribution in [3.63, 3.8) is 0 Å². The van der Waals surface area contributed by atoms with Crippen LogP contribution in [0.15, 0.2) is 28.7 Å². The van der Waals surface area contributed by atoms with Gasteiger partial charge in [0, 0.05) is 17.7 Å². The van der Waals surface area contributed by atoms with Crippen LogP contribution in [0.2, 0.25) is 0 Å². The summed E-state index contributed by atoms with van der Waals surface area (Å²) in [7, 11) is 0. The Hall–Kier alpha value is -2.35. The lowest BCUT2D eigenvalue weighted by atomic mass is 10.0. The Bertz CT molecular complexity index is 649. The Balaban J connectivity index is 2.50. The molecule has 8 heteroatoms. The molecule has 1 atom stereocenters. The van der Waals surface area contributed by atoms with Gasteiger partial charge in [-0.15, -0.1) is 0 Å². The molecule has 0 radical (unpaired) electrons. The summed E-state index contributed by atoms with van der Waals surface area (Å²) in [5.41, 5.74) is -0.456. The van der Waals surface area contributed by atoms with Gasteiger partial charge in [0.25, 0.3) is 0 Å². The maximum atomic E-state index is 13.8. The molecule has 5 nitrogen and oxygen atoms in total. The Morgan fingerprint density at radius 1 is 1.29 bits per heavy atom. The minimum absolute atomic E-state index is 0.0343. The predicted molar refractivity (Wildman–Crippen MR) is 67.2 cm³/mol. The highest BCUT2D eigenvalue weighted by molar-refractivity contribution is 5.32. The summed E-state index contributed by atoms with van der Waals surface area (Å²) in [5.74, 6) is -3.83. The maximum Gasteiger partial charge on any atom is 0.433 e. The quantitative estimate of drug-likeness (QED) is 0.679. The molecule has 0 bridgehead atoms. The van der Waals surface area contributed by atoms with Gasteiger partial charge < -0.3 is 9.73 Å². The number of rotatable bonds is 5. The molecule has 2 rings (SSSR count). The van der Waals surface area contributed by atoms with E-state index in [1.807, 2.05) is 0 Å². The first-order valence-electron chi connectivity index (χ1n) is 6.06. The minimum atomic E-state index is -1.10. The van der Waals surface area contributed by atoms with Crippen molar-refractivity contribution >= 4 is 5.88 Å². The number of nitrogens with one attached hydrogen (secondary N) is 1. The summed E-state index contributed by atoms with van der Waals surface area (Å²) < 4.78 is 45.6. The second-order valence-electron chi connectivity index (χ2n) is 4.21. The van der Waals surface area contributed by atoms with Crippen LogP contribution in [0.4, 0.5) is 19.1 Å². The standard InChI is InChI=1S/C13H11F3N2O3/c1-2-17-13(10-3-4-11(21-10)18(19)20)12-8(15)5-7(14)6-9(12)16/h3-6,13,17H,2H2,1H3. The number of halogens is 3. The molecule has 1 N–H and O–H groups in total. The number of nitro groups is 1. The van der Waals surface area contributed by atoms with Crippen LogP contribution in [0.3, 0.4) is 0 Å². The largest absolute Gasteiger partial charge is 0.433 e. The van der Waals surface area contributed by atoms with Crippen molar-refractivity contribution in [2.24, 2.45) is 0 Å². The van der Waals surface area contributed by atoms with Gasteiger partial charge in [0.2, 0.25) is 0 Å². The molecule has 1 heterocycles. The van der Waals surface area contributed by atoms with E-state index in [9.17, 15) is 23.3 Å². The SMILES string of the molecule is CCNC(c1ccc([N+](=O)[O-])o1)c1c(F)cc(F)cc1F. The van der Waals surface area contributed by atoms with Crippen LogP contribution in [-0.2, 0) is 0 Å². The summed E-state index contributed by atoms with van der Waals surface area (Å²) in [6.45, 7) is 2.00. The zero-order valence-corrected chi connectivity index (χ0v) is 10.9. The van der Waals surface area contributed by atoms with Gasteiger partial charge in [-0.1, -0.05) is 6.92 Å². The van der Waals surface area contributed by atoms with Crippen LogP contribution in [0.25, 0.3) is 0 Å². The Kier molecular flexibility index (Phi) is 4.27. The molecular formula is C13H11F3N2O3. The molecule has 0 aliphatic rings. The van der Waals surface area contributed by atoms with Gasteiger partial charge >= 0.3 is 5.88 Å². The van der Waals surface area contributed by atoms with E-state index < -0.39 is 39.9 Å². The number of nitrogens with zero attached hydrogens (tertiary/aromatic N) is 1. The molecular weight excluding hydrogens is 289 g/mol. The normalized spacial score (nSPS) is 12.4. The van der Waals surface area contributed by atoms with E-state index in [0.29, 0.717) is 18.7 Å². The average molecular weight is 300 g/mol. The second-order valence-corrected chi connectivity index (χ2v) is 4.21. The van der Waals surface area contributed by atoms with Gasteiger partial charge in [-0.2, -0.15) is 0 Å². The molecule has 0 spiro atoms. The summed E-state index contributed by atoms with van der Waals surface area (Å²) in [4.78, 5) is 9.84. The van der Waals surface area contributed by atoms with Crippen molar-refractivity contribution in [2.75, 3.05) is 6.54 Å². The molecule has 21 heavy (non-hydrogen) atoms. The van der Waals surface area contributed by atoms with Gasteiger partial charge in [0.15, 0.2) is 0 Å². The number of hydrogen-bond donors (Lipinski definition) is 1. The molecule has 1 aromatic heterocycles. The lowest BCUT2D eigenvalue weighted by molar-refractivity contribution is -0.402. The van der Waals surface area contributed by atoms with E-state index in [2.05, 4.69) is 5.32 Å². The topological polar surface area (TPSA) is 68.3 Å². The fourth-order valence-electron chi connectivity index (χ4n) is 1.97. The van der Waals surface area contributed by atoms with Crippen LogP contribution in [0.1, 0.15) is 24.3 Å². The summed E-state index contributed by atoms with van der Waals surface area (Å²) in [6.07, 6.45) is 0. The summed E-state index contributed by atoms with van der Waals surface area (Å²) in [6, 6.07) is 2.32. The molecule has 0 aliphatic heterocycles. The van der Waals surface area contributed by atoms with Gasteiger partial charge in [0.05, 0.1) is 12.1 Å². The zero-order chi connectivity index (χ0) is 15.6. The van der Waals surface area contributed by atoms with Crippen molar-refractivity contribution in [3.8, 4) is 0 Å². The first-order chi connectivity index (χ1) is 9.93. The average Bonchev–Trinajstić information content (AvgIpc) is 2.86. The zero-order valence-electron chi connectivity index (χ0n) is 10.9. The molecule has 0 saturated carbocycles. The fraction of sp³-hybridized carbons (Fsp3) is 0.231. The van der Waals surface area contributed by atoms with Crippen LogP contribution in [0, 0.1) is 27.6 Å². The maximum absolute atomic E-state index is 13.8.